The lowest BCUT2D eigenvalue weighted by atomic mass is 9.92. The van der Waals surface area contributed by atoms with Crippen LogP contribution in [0.5, 0.6) is 5.75 Å². The molecule has 1 amide bonds. The molecule has 0 heterocycles. The van der Waals surface area contributed by atoms with Crippen LogP contribution in [0.15, 0.2) is 91.0 Å². The average Bonchev–Trinajstić information content (AvgIpc) is 2.78. The van der Waals surface area contributed by atoms with Crippen LogP contribution in [-0.2, 0) is 16.0 Å². The van der Waals surface area contributed by atoms with Crippen LogP contribution in [0.25, 0.3) is 10.8 Å². The van der Waals surface area contributed by atoms with Gasteiger partial charge in [0.05, 0.1) is 12.5 Å². The van der Waals surface area contributed by atoms with Crippen molar-refractivity contribution in [2.24, 2.45) is 0 Å². The highest BCUT2D eigenvalue weighted by molar-refractivity contribution is 6.31. The molecule has 160 valence electrons. The molecule has 0 radical (unpaired) electrons. The molecular weight excluding hydrogens is 422 g/mol. The summed E-state index contributed by atoms with van der Waals surface area (Å²) in [4.78, 5) is 24.9. The molecule has 0 unspecified atom stereocenters. The zero-order valence-corrected chi connectivity index (χ0v) is 18.3. The molecule has 0 bridgehead atoms. The zero-order valence-electron chi connectivity index (χ0n) is 17.5. The zero-order chi connectivity index (χ0) is 22.5. The molecular formula is C27H22ClNO3. The summed E-state index contributed by atoms with van der Waals surface area (Å²) in [5.74, 6) is -0.209. The van der Waals surface area contributed by atoms with Gasteiger partial charge in [-0.25, -0.2) is 0 Å². The first-order valence-electron chi connectivity index (χ1n) is 10.3. The van der Waals surface area contributed by atoms with Crippen molar-refractivity contribution in [3.63, 3.8) is 0 Å². The van der Waals surface area contributed by atoms with Crippen LogP contribution in [0.2, 0.25) is 5.02 Å². The molecule has 0 aliphatic carbocycles. The Morgan fingerprint density at radius 2 is 1.56 bits per heavy atom. The lowest BCUT2D eigenvalue weighted by molar-refractivity contribution is -0.131. The van der Waals surface area contributed by atoms with Crippen molar-refractivity contribution in [3.05, 3.63) is 113 Å². The molecule has 4 aromatic rings. The molecule has 32 heavy (non-hydrogen) atoms. The third kappa shape index (κ3) is 4.82. The van der Waals surface area contributed by atoms with E-state index in [1.807, 2.05) is 78.9 Å². The van der Waals surface area contributed by atoms with Crippen LogP contribution in [0, 0.1) is 0 Å². The number of hydrogen-bond acceptors (Lipinski definition) is 3. The van der Waals surface area contributed by atoms with Crippen molar-refractivity contribution < 1.29 is 14.3 Å². The summed E-state index contributed by atoms with van der Waals surface area (Å²) in [6.07, 6.45) is 0.218. The highest BCUT2D eigenvalue weighted by Gasteiger charge is 2.25. The van der Waals surface area contributed by atoms with Crippen molar-refractivity contribution in [1.29, 1.82) is 0 Å². The SMILES string of the molecule is CC(=O)Oc1ccc2ccccc2c1[C@@H](NC(=O)Cc1ccccc1)c1ccccc1Cl. The van der Waals surface area contributed by atoms with Crippen LogP contribution in [-0.4, -0.2) is 11.9 Å². The number of ether oxygens (including phenoxy) is 1. The van der Waals surface area contributed by atoms with Crippen molar-refractivity contribution in [3.8, 4) is 5.75 Å². The number of fused-ring (bicyclic) bond motifs is 1. The predicted molar refractivity (Wildman–Crippen MR) is 127 cm³/mol. The van der Waals surface area contributed by atoms with Gasteiger partial charge in [-0.05, 0) is 34.0 Å². The van der Waals surface area contributed by atoms with E-state index in [1.54, 1.807) is 12.1 Å². The van der Waals surface area contributed by atoms with Crippen molar-refractivity contribution in [1.82, 2.24) is 5.32 Å². The van der Waals surface area contributed by atoms with Crippen LogP contribution >= 0.6 is 11.6 Å². The third-order valence-corrected chi connectivity index (χ3v) is 5.55. The fraction of sp³-hybridized carbons (Fsp3) is 0.111. The maximum Gasteiger partial charge on any atom is 0.308 e. The number of benzene rings is 4. The van der Waals surface area contributed by atoms with Crippen molar-refractivity contribution in [2.75, 3.05) is 0 Å². The summed E-state index contributed by atoms with van der Waals surface area (Å²) in [6, 6.07) is 27.7. The Morgan fingerprint density at radius 1 is 0.875 bits per heavy atom. The Morgan fingerprint density at radius 3 is 2.31 bits per heavy atom. The van der Waals surface area contributed by atoms with Gasteiger partial charge in [0.1, 0.15) is 5.75 Å². The first-order chi connectivity index (χ1) is 15.5. The molecule has 0 aromatic heterocycles. The standard InChI is InChI=1S/C27H22ClNO3/c1-18(30)32-24-16-15-20-11-5-6-12-21(20)26(24)27(22-13-7-8-14-23(22)28)29-25(31)17-19-9-3-2-4-10-19/h2-16,27H,17H2,1H3,(H,29,31)/t27-/m0/s1. The van der Waals surface area contributed by atoms with E-state index in [2.05, 4.69) is 5.32 Å². The number of hydrogen-bond donors (Lipinski definition) is 1. The molecule has 0 fully saturated rings. The Hall–Kier alpha value is -3.63. The highest BCUT2D eigenvalue weighted by Crippen LogP contribution is 2.38. The third-order valence-electron chi connectivity index (χ3n) is 5.20. The molecule has 0 saturated carbocycles. The number of carbonyl (C=O) groups excluding carboxylic acids is 2. The Balaban J connectivity index is 1.85. The van der Waals surface area contributed by atoms with Gasteiger partial charge in [-0.1, -0.05) is 90.5 Å². The van der Waals surface area contributed by atoms with E-state index in [0.717, 1.165) is 21.9 Å². The second-order valence-corrected chi connectivity index (χ2v) is 7.88. The number of carbonyl (C=O) groups is 2. The van der Waals surface area contributed by atoms with Gasteiger partial charge >= 0.3 is 5.97 Å². The quantitative estimate of drug-likeness (QED) is 0.299. The topological polar surface area (TPSA) is 55.4 Å². The lowest BCUT2D eigenvalue weighted by Crippen LogP contribution is -2.31. The van der Waals surface area contributed by atoms with Crippen molar-refractivity contribution >= 4 is 34.2 Å². The number of esters is 1. The summed E-state index contributed by atoms with van der Waals surface area (Å²) < 4.78 is 5.56. The normalized spacial score (nSPS) is 11.7. The van der Waals surface area contributed by atoms with Gasteiger partial charge in [0.15, 0.2) is 0 Å². The van der Waals surface area contributed by atoms with E-state index in [9.17, 15) is 9.59 Å². The van der Waals surface area contributed by atoms with E-state index >= 15 is 0 Å². The number of rotatable bonds is 6. The Kier molecular flexibility index (Phi) is 6.52. The van der Waals surface area contributed by atoms with Gasteiger partial charge in [0.2, 0.25) is 5.91 Å². The first-order valence-corrected chi connectivity index (χ1v) is 10.7. The Bertz CT molecular complexity index is 1270. The second-order valence-electron chi connectivity index (χ2n) is 7.48. The first kappa shape index (κ1) is 21.6. The van der Waals surface area contributed by atoms with E-state index < -0.39 is 12.0 Å². The number of amides is 1. The van der Waals surface area contributed by atoms with Crippen molar-refractivity contribution in [2.45, 2.75) is 19.4 Å². The minimum atomic E-state index is -0.611. The summed E-state index contributed by atoms with van der Waals surface area (Å²) >= 11 is 6.56. The molecule has 4 nitrogen and oxygen atoms in total. The van der Waals surface area contributed by atoms with Gasteiger partial charge in [-0.2, -0.15) is 0 Å². The predicted octanol–water partition coefficient (Wildman–Crippen LogP) is 5.87. The summed E-state index contributed by atoms with van der Waals surface area (Å²) in [6.45, 7) is 1.36. The van der Waals surface area contributed by atoms with Gasteiger partial charge in [-0.3, -0.25) is 9.59 Å². The molecule has 4 rings (SSSR count). The summed E-state index contributed by atoms with van der Waals surface area (Å²) in [7, 11) is 0. The number of halogens is 1. The molecule has 0 spiro atoms. The largest absolute Gasteiger partial charge is 0.426 e. The molecule has 0 aliphatic rings. The molecule has 1 atom stereocenters. The minimum absolute atomic E-state index is 0.164. The van der Waals surface area contributed by atoms with Crippen LogP contribution < -0.4 is 10.1 Å². The van der Waals surface area contributed by atoms with E-state index in [-0.39, 0.29) is 12.3 Å². The lowest BCUT2D eigenvalue weighted by Gasteiger charge is -2.24. The second kappa shape index (κ2) is 9.67. The average molecular weight is 444 g/mol. The monoisotopic (exact) mass is 443 g/mol. The maximum absolute atomic E-state index is 13.1. The number of nitrogens with one attached hydrogen (secondary N) is 1. The maximum atomic E-state index is 13.1. The minimum Gasteiger partial charge on any atom is -0.426 e. The van der Waals surface area contributed by atoms with Gasteiger partial charge in [-0.15, -0.1) is 0 Å². The molecule has 0 saturated heterocycles. The fourth-order valence-corrected chi connectivity index (χ4v) is 4.07. The molecule has 5 heteroatoms. The van der Waals surface area contributed by atoms with Gasteiger partial charge in [0.25, 0.3) is 0 Å². The van der Waals surface area contributed by atoms with E-state index in [4.69, 9.17) is 16.3 Å². The van der Waals surface area contributed by atoms with Gasteiger partial charge < -0.3 is 10.1 Å². The molecule has 0 aliphatic heterocycles. The van der Waals surface area contributed by atoms with E-state index in [1.165, 1.54) is 6.92 Å². The fourth-order valence-electron chi connectivity index (χ4n) is 3.83. The molecule has 1 N–H and O–H groups in total. The highest BCUT2D eigenvalue weighted by atomic mass is 35.5. The Labute approximate surface area is 191 Å². The summed E-state index contributed by atoms with van der Waals surface area (Å²) in [5.41, 5.74) is 2.31. The van der Waals surface area contributed by atoms with Crippen LogP contribution in [0.4, 0.5) is 0 Å². The van der Waals surface area contributed by atoms with Gasteiger partial charge in [0, 0.05) is 17.5 Å². The van der Waals surface area contributed by atoms with Crippen LogP contribution in [0.1, 0.15) is 29.7 Å². The summed E-state index contributed by atoms with van der Waals surface area (Å²) in [5, 5.41) is 5.48. The van der Waals surface area contributed by atoms with Crippen LogP contribution in [0.3, 0.4) is 0 Å². The van der Waals surface area contributed by atoms with E-state index in [0.29, 0.717) is 16.3 Å². The molecule has 4 aromatic carbocycles. The smallest absolute Gasteiger partial charge is 0.308 e.